The van der Waals surface area contributed by atoms with Crippen LogP contribution in [0.2, 0.25) is 0 Å². The first kappa shape index (κ1) is 10.5. The topological polar surface area (TPSA) is 12.0 Å². The lowest BCUT2D eigenvalue weighted by Crippen LogP contribution is -2.39. The van der Waals surface area contributed by atoms with Gasteiger partial charge in [-0.3, -0.25) is 0 Å². The Bertz CT molecular complexity index is 163. The normalized spacial score (nSPS) is 34.9. The molecule has 2 fully saturated rings. The van der Waals surface area contributed by atoms with E-state index in [1.807, 2.05) is 0 Å². The Morgan fingerprint density at radius 3 is 2.43 bits per heavy atom. The van der Waals surface area contributed by atoms with E-state index in [0.717, 1.165) is 17.9 Å². The standard InChI is InChI=1S/C13H25N/c1-11-6-3-2-4-9-13(11)14-10-12-7-5-8-12/h11-14H,2-10H2,1H3. The number of hydrogen-bond donors (Lipinski definition) is 1. The molecule has 2 aliphatic rings. The van der Waals surface area contributed by atoms with E-state index >= 15 is 0 Å². The first-order valence-electron chi connectivity index (χ1n) is 6.59. The van der Waals surface area contributed by atoms with Crippen molar-refractivity contribution in [3.63, 3.8) is 0 Å². The third kappa shape index (κ3) is 2.73. The SMILES string of the molecule is CC1CCCCCC1NCC1CCC1. The fraction of sp³-hybridized carbons (Fsp3) is 1.00. The Balaban J connectivity index is 1.70. The van der Waals surface area contributed by atoms with Crippen LogP contribution >= 0.6 is 0 Å². The molecule has 0 aromatic heterocycles. The van der Waals surface area contributed by atoms with E-state index < -0.39 is 0 Å². The molecule has 2 saturated carbocycles. The van der Waals surface area contributed by atoms with Gasteiger partial charge in [-0.25, -0.2) is 0 Å². The van der Waals surface area contributed by atoms with Gasteiger partial charge in [-0.2, -0.15) is 0 Å². The van der Waals surface area contributed by atoms with Crippen LogP contribution in [0.15, 0.2) is 0 Å². The van der Waals surface area contributed by atoms with Crippen LogP contribution in [0.4, 0.5) is 0 Å². The zero-order valence-corrected chi connectivity index (χ0v) is 9.60. The summed E-state index contributed by atoms with van der Waals surface area (Å²) >= 11 is 0. The minimum atomic E-state index is 0.832. The van der Waals surface area contributed by atoms with Gasteiger partial charge >= 0.3 is 0 Å². The Morgan fingerprint density at radius 2 is 1.71 bits per heavy atom. The van der Waals surface area contributed by atoms with Gasteiger partial charge < -0.3 is 5.32 Å². The van der Waals surface area contributed by atoms with Gasteiger partial charge in [0.05, 0.1) is 0 Å². The molecule has 0 heterocycles. The Labute approximate surface area is 88.7 Å². The van der Waals surface area contributed by atoms with Gasteiger partial charge in [-0.1, -0.05) is 32.6 Å². The van der Waals surface area contributed by atoms with Crippen molar-refractivity contribution in [3.05, 3.63) is 0 Å². The first-order chi connectivity index (χ1) is 6.86. The molecule has 2 rings (SSSR count). The lowest BCUT2D eigenvalue weighted by Gasteiger charge is -2.30. The van der Waals surface area contributed by atoms with Gasteiger partial charge in [-0.15, -0.1) is 0 Å². The molecule has 2 atom stereocenters. The van der Waals surface area contributed by atoms with Gasteiger partial charge in [0.1, 0.15) is 0 Å². The van der Waals surface area contributed by atoms with Crippen molar-refractivity contribution in [2.24, 2.45) is 11.8 Å². The molecule has 0 aliphatic heterocycles. The highest BCUT2D eigenvalue weighted by molar-refractivity contribution is 4.79. The first-order valence-corrected chi connectivity index (χ1v) is 6.59. The fourth-order valence-electron chi connectivity index (χ4n) is 2.81. The van der Waals surface area contributed by atoms with Crippen molar-refractivity contribution >= 4 is 0 Å². The van der Waals surface area contributed by atoms with Crippen LogP contribution < -0.4 is 5.32 Å². The van der Waals surface area contributed by atoms with Crippen molar-refractivity contribution in [2.75, 3.05) is 6.54 Å². The Kier molecular flexibility index (Phi) is 3.86. The summed E-state index contributed by atoms with van der Waals surface area (Å²) < 4.78 is 0. The highest BCUT2D eigenvalue weighted by atomic mass is 14.9. The largest absolute Gasteiger partial charge is 0.313 e. The molecule has 1 N–H and O–H groups in total. The molecule has 82 valence electrons. The predicted octanol–water partition coefficient (Wildman–Crippen LogP) is 3.34. The average molecular weight is 195 g/mol. The zero-order valence-electron chi connectivity index (χ0n) is 9.60. The second-order valence-corrected chi connectivity index (χ2v) is 5.43. The van der Waals surface area contributed by atoms with E-state index in [-0.39, 0.29) is 0 Å². The van der Waals surface area contributed by atoms with E-state index in [1.54, 1.807) is 0 Å². The molecule has 0 amide bonds. The van der Waals surface area contributed by atoms with Gasteiger partial charge in [0.15, 0.2) is 0 Å². The summed E-state index contributed by atoms with van der Waals surface area (Å²) in [5, 5.41) is 3.81. The molecule has 2 aliphatic carbocycles. The molecule has 0 aromatic carbocycles. The maximum Gasteiger partial charge on any atom is 0.00928 e. The molecule has 1 nitrogen and oxygen atoms in total. The quantitative estimate of drug-likeness (QED) is 0.681. The summed E-state index contributed by atoms with van der Waals surface area (Å²) in [6.07, 6.45) is 11.7. The summed E-state index contributed by atoms with van der Waals surface area (Å²) in [7, 11) is 0. The highest BCUT2D eigenvalue weighted by Gasteiger charge is 2.22. The van der Waals surface area contributed by atoms with Crippen LogP contribution in [0.1, 0.15) is 58.3 Å². The maximum atomic E-state index is 3.81. The van der Waals surface area contributed by atoms with Crippen LogP contribution in [0.3, 0.4) is 0 Å². The number of nitrogens with one attached hydrogen (secondary N) is 1. The van der Waals surface area contributed by atoms with Crippen molar-refractivity contribution in [2.45, 2.75) is 64.3 Å². The molecule has 0 saturated heterocycles. The maximum absolute atomic E-state index is 3.81. The van der Waals surface area contributed by atoms with Gasteiger partial charge in [-0.05, 0) is 44.1 Å². The van der Waals surface area contributed by atoms with E-state index in [1.165, 1.54) is 57.9 Å². The minimum absolute atomic E-state index is 0.832. The number of rotatable bonds is 3. The Morgan fingerprint density at radius 1 is 0.929 bits per heavy atom. The van der Waals surface area contributed by atoms with E-state index in [4.69, 9.17) is 0 Å². The fourth-order valence-corrected chi connectivity index (χ4v) is 2.81. The summed E-state index contributed by atoms with van der Waals surface area (Å²) in [5.74, 6) is 1.93. The second-order valence-electron chi connectivity index (χ2n) is 5.43. The van der Waals surface area contributed by atoms with Crippen molar-refractivity contribution in [3.8, 4) is 0 Å². The number of hydrogen-bond acceptors (Lipinski definition) is 1. The Hall–Kier alpha value is -0.0400. The summed E-state index contributed by atoms with van der Waals surface area (Å²) in [5.41, 5.74) is 0. The second kappa shape index (κ2) is 5.16. The predicted molar refractivity (Wildman–Crippen MR) is 61.4 cm³/mol. The summed E-state index contributed by atoms with van der Waals surface area (Å²) in [6.45, 7) is 3.73. The van der Waals surface area contributed by atoms with Crippen LogP contribution in [-0.4, -0.2) is 12.6 Å². The van der Waals surface area contributed by atoms with Crippen molar-refractivity contribution in [1.82, 2.24) is 5.32 Å². The third-order valence-electron chi connectivity index (χ3n) is 4.25. The molecule has 0 aromatic rings. The molecular weight excluding hydrogens is 170 g/mol. The van der Waals surface area contributed by atoms with Gasteiger partial charge in [0.2, 0.25) is 0 Å². The average Bonchev–Trinajstić information content (AvgIpc) is 2.29. The van der Waals surface area contributed by atoms with E-state index in [0.29, 0.717) is 0 Å². The molecule has 0 bridgehead atoms. The summed E-state index contributed by atoms with van der Waals surface area (Å²) in [6, 6.07) is 0.832. The molecule has 0 spiro atoms. The molecular formula is C13H25N. The van der Waals surface area contributed by atoms with Crippen molar-refractivity contribution in [1.29, 1.82) is 0 Å². The summed E-state index contributed by atoms with van der Waals surface area (Å²) in [4.78, 5) is 0. The van der Waals surface area contributed by atoms with Crippen LogP contribution in [0.5, 0.6) is 0 Å². The molecule has 2 unspecified atom stereocenters. The monoisotopic (exact) mass is 195 g/mol. The van der Waals surface area contributed by atoms with Gasteiger partial charge in [0.25, 0.3) is 0 Å². The molecule has 0 radical (unpaired) electrons. The van der Waals surface area contributed by atoms with Gasteiger partial charge in [0, 0.05) is 6.04 Å². The third-order valence-corrected chi connectivity index (χ3v) is 4.25. The molecule has 14 heavy (non-hydrogen) atoms. The smallest absolute Gasteiger partial charge is 0.00928 e. The van der Waals surface area contributed by atoms with Crippen LogP contribution in [0, 0.1) is 11.8 Å². The van der Waals surface area contributed by atoms with Crippen molar-refractivity contribution < 1.29 is 0 Å². The zero-order chi connectivity index (χ0) is 9.80. The van der Waals surface area contributed by atoms with E-state index in [9.17, 15) is 0 Å². The van der Waals surface area contributed by atoms with Crippen LogP contribution in [-0.2, 0) is 0 Å². The molecule has 1 heteroatoms. The van der Waals surface area contributed by atoms with E-state index in [2.05, 4.69) is 12.2 Å². The van der Waals surface area contributed by atoms with Crippen LogP contribution in [0.25, 0.3) is 0 Å². The highest BCUT2D eigenvalue weighted by Crippen LogP contribution is 2.27. The lowest BCUT2D eigenvalue weighted by atomic mass is 9.85. The lowest BCUT2D eigenvalue weighted by molar-refractivity contribution is 0.263. The minimum Gasteiger partial charge on any atom is -0.313 e.